The van der Waals surface area contributed by atoms with E-state index in [2.05, 4.69) is 5.32 Å². The number of ether oxygens (including phenoxy) is 1. The lowest BCUT2D eigenvalue weighted by Crippen LogP contribution is -3.09. The monoisotopic (exact) mass is 522 g/mol. The van der Waals surface area contributed by atoms with E-state index in [1.165, 1.54) is 0 Å². The number of guanidine groups is 1. The van der Waals surface area contributed by atoms with Crippen molar-refractivity contribution in [2.24, 2.45) is 0 Å². The number of quaternary nitrogens is 1. The third kappa shape index (κ3) is 7.34. The Hall–Kier alpha value is -0.360. The molecule has 9 nitrogen and oxygen atoms in total. The highest BCUT2D eigenvalue weighted by Crippen LogP contribution is 2.51. The Balaban J connectivity index is 0.00000625. The third-order valence-corrected chi connectivity index (χ3v) is 8.90. The number of esters is 1. The van der Waals surface area contributed by atoms with Gasteiger partial charge in [-0.1, -0.05) is 0 Å². The number of likely N-dealkylation sites (N-methyl/N-ethyl adjacent to an activating group) is 1. The van der Waals surface area contributed by atoms with Gasteiger partial charge in [-0.15, -0.1) is 0 Å². The Morgan fingerprint density at radius 3 is 2.54 bits per heavy atom. The maximum absolute atomic E-state index is 13.2. The van der Waals surface area contributed by atoms with Crippen molar-refractivity contribution < 1.29 is 52.1 Å². The van der Waals surface area contributed by atoms with Crippen LogP contribution < -0.4 is 34.0 Å². The number of nitrogens with zero attached hydrogens (tertiary/aromatic N) is 1. The van der Waals surface area contributed by atoms with Crippen LogP contribution in [-0.2, 0) is 23.4 Å². The van der Waals surface area contributed by atoms with Crippen LogP contribution in [0.4, 0.5) is 0 Å². The molecule has 3 N–H and O–H groups in total. The molecule has 0 aromatic carbocycles. The lowest BCUT2D eigenvalue weighted by Gasteiger charge is -2.27. The summed E-state index contributed by atoms with van der Waals surface area (Å²) in [4.78, 5) is 24.9. The van der Waals surface area contributed by atoms with Crippen molar-refractivity contribution in [3.63, 3.8) is 0 Å². The highest BCUT2D eigenvalue weighted by Gasteiger charge is 2.41. The number of carbonyl (C=O) groups excluding carboxylic acids is 2. The molecular weight excluding hydrogens is 494 g/mol. The Bertz CT molecular complexity index is 565. The molecule has 26 heavy (non-hydrogen) atoms. The second-order valence-corrected chi connectivity index (χ2v) is 10.8. The van der Waals surface area contributed by atoms with E-state index in [4.69, 9.17) is 14.7 Å². The number of rotatable bonds is 10. The molecule has 0 saturated carbocycles. The van der Waals surface area contributed by atoms with E-state index < -0.39 is 18.7 Å². The zero-order valence-electron chi connectivity index (χ0n) is 15.7. The summed E-state index contributed by atoms with van der Waals surface area (Å²) in [5, 5.41) is 10.1. The van der Waals surface area contributed by atoms with Gasteiger partial charge in [-0.3, -0.25) is 24.7 Å². The fourth-order valence-electron chi connectivity index (χ4n) is 2.12. The summed E-state index contributed by atoms with van der Waals surface area (Å²) >= 11 is 1.12. The Kier molecular flexibility index (Phi) is 11.3. The fourth-order valence-corrected chi connectivity index (χ4v) is 6.65. The van der Waals surface area contributed by atoms with Gasteiger partial charge in [0.05, 0.1) is 19.8 Å². The lowest BCUT2D eigenvalue weighted by atomic mass is 10.3. The van der Waals surface area contributed by atoms with Gasteiger partial charge in [0.25, 0.3) is 0 Å². The van der Waals surface area contributed by atoms with E-state index in [0.717, 1.165) is 11.4 Å². The zero-order chi connectivity index (χ0) is 19.2. The molecule has 0 radical (unpaired) electrons. The van der Waals surface area contributed by atoms with E-state index in [0.29, 0.717) is 17.0 Å². The van der Waals surface area contributed by atoms with E-state index in [-0.39, 0.29) is 55.1 Å². The van der Waals surface area contributed by atoms with E-state index >= 15 is 0 Å². The summed E-state index contributed by atoms with van der Waals surface area (Å²) in [7, 11) is 1.65. The molecule has 1 rings (SSSR count). The quantitative estimate of drug-likeness (QED) is 0.160. The lowest BCUT2D eigenvalue weighted by molar-refractivity contribution is -0.771. The zero-order valence-corrected chi connectivity index (χ0v) is 19.6. The molecule has 1 amide bonds. The molecule has 0 bridgehead atoms. The molecule has 2 unspecified atom stereocenters. The van der Waals surface area contributed by atoms with Crippen molar-refractivity contribution in [2.75, 3.05) is 32.5 Å². The number of hydrogen-bond donors (Lipinski definition) is 3. The second-order valence-electron chi connectivity index (χ2n) is 5.92. The van der Waals surface area contributed by atoms with Crippen molar-refractivity contribution in [3.05, 3.63) is 0 Å². The Labute approximate surface area is 175 Å². The minimum absolute atomic E-state index is 0. The molecule has 1 fully saturated rings. The number of nitrogens with one attached hydrogen (secondary N) is 3. The van der Waals surface area contributed by atoms with Crippen LogP contribution >= 0.6 is 18.1 Å². The molecule has 12 heteroatoms. The summed E-state index contributed by atoms with van der Waals surface area (Å²) in [6.07, 6.45) is -0.243. The smallest absolute Gasteiger partial charge is 0.440 e. The van der Waals surface area contributed by atoms with Crippen LogP contribution in [0.3, 0.4) is 0 Å². The van der Waals surface area contributed by atoms with Gasteiger partial charge < -0.3 is 33.6 Å². The standard InChI is InChI=1S/C14H27N4O5PS.HI/c1-6-22-24(21,17(5)11(4)13(20)23-10(2)3)25-8-7-18-9-12(19)16-14(18)15;/h10-11H,6-9H2,1-5H3,(H2,15,16,19);1H/t11-,24?;/m0./s1. The average Bonchev–Trinajstić information content (AvgIpc) is 2.83. The van der Waals surface area contributed by atoms with E-state index in [1.54, 1.807) is 39.6 Å². The number of amides is 1. The van der Waals surface area contributed by atoms with Crippen molar-refractivity contribution >= 4 is 35.9 Å². The normalized spacial score (nSPS) is 18.8. The molecule has 0 aromatic rings. The van der Waals surface area contributed by atoms with Crippen LogP contribution in [-0.4, -0.2) is 67.4 Å². The van der Waals surface area contributed by atoms with Gasteiger partial charge in [-0.2, -0.15) is 0 Å². The first-order chi connectivity index (χ1) is 11.6. The number of hydrogen-bond acceptors (Lipinski definition) is 7. The van der Waals surface area contributed by atoms with Crippen LogP contribution in [0.2, 0.25) is 0 Å². The van der Waals surface area contributed by atoms with Crippen LogP contribution in [0.1, 0.15) is 27.7 Å². The topological polar surface area (TPSA) is 113 Å². The van der Waals surface area contributed by atoms with E-state index in [1.807, 2.05) is 0 Å². The molecule has 152 valence electrons. The first-order valence-corrected chi connectivity index (χ1v) is 11.4. The molecule has 1 heterocycles. The van der Waals surface area contributed by atoms with E-state index in [9.17, 15) is 14.2 Å². The SMILES string of the molecule is CCOP(=O)(SCCN1CC(=O)NC1=N)[NH+](C)[C@@H](C)C(=O)OC(C)C.[I-]. The molecule has 0 aromatic heterocycles. The minimum atomic E-state index is -3.23. The van der Waals surface area contributed by atoms with Crippen molar-refractivity contribution in [3.8, 4) is 0 Å². The maximum atomic E-state index is 13.2. The van der Waals surface area contributed by atoms with Crippen molar-refractivity contribution in [1.29, 1.82) is 5.41 Å². The molecular formula is C14H28IN4O5PS. The number of carbonyl (C=O) groups is 2. The van der Waals surface area contributed by atoms with Gasteiger partial charge in [-0.05, 0) is 39.1 Å². The largest absolute Gasteiger partial charge is 1.00 e. The van der Waals surface area contributed by atoms with Gasteiger partial charge >= 0.3 is 12.7 Å². The van der Waals surface area contributed by atoms with Crippen LogP contribution in [0.15, 0.2) is 0 Å². The van der Waals surface area contributed by atoms with Crippen LogP contribution in [0.25, 0.3) is 0 Å². The van der Waals surface area contributed by atoms with Gasteiger partial charge in [-0.25, -0.2) is 9.36 Å². The molecule has 1 saturated heterocycles. The fraction of sp³-hybridized carbons (Fsp3) is 0.786. The molecule has 1 aliphatic heterocycles. The summed E-state index contributed by atoms with van der Waals surface area (Å²) in [6, 6.07) is -0.638. The van der Waals surface area contributed by atoms with Gasteiger partial charge in [0, 0.05) is 12.3 Å². The Morgan fingerprint density at radius 1 is 1.46 bits per heavy atom. The first-order valence-electron chi connectivity index (χ1n) is 8.17. The predicted octanol–water partition coefficient (Wildman–Crippen LogP) is -2.91. The highest BCUT2D eigenvalue weighted by molar-refractivity contribution is 8.54. The second kappa shape index (κ2) is 11.5. The first kappa shape index (κ1) is 25.6. The summed E-state index contributed by atoms with van der Waals surface area (Å²) in [5.41, 5.74) is 0. The number of halogens is 1. The highest BCUT2D eigenvalue weighted by atomic mass is 127. The van der Waals surface area contributed by atoms with Crippen molar-refractivity contribution in [2.45, 2.75) is 39.8 Å². The summed E-state index contributed by atoms with van der Waals surface area (Å²) in [6.45, 7) is 4.47. The molecule has 0 aliphatic carbocycles. The van der Waals surface area contributed by atoms with Gasteiger partial charge in [0.1, 0.15) is 6.54 Å². The minimum Gasteiger partial charge on any atom is -1.00 e. The molecule has 0 spiro atoms. The predicted molar refractivity (Wildman–Crippen MR) is 96.7 cm³/mol. The van der Waals surface area contributed by atoms with Gasteiger partial charge in [0.15, 0.2) is 12.0 Å². The third-order valence-electron chi connectivity index (χ3n) is 3.59. The average molecular weight is 522 g/mol. The summed E-state index contributed by atoms with van der Waals surface area (Å²) < 4.78 is 24.3. The van der Waals surface area contributed by atoms with Crippen molar-refractivity contribution in [1.82, 2.24) is 10.2 Å². The summed E-state index contributed by atoms with van der Waals surface area (Å²) in [5.74, 6) is -0.205. The Morgan fingerprint density at radius 2 is 2.08 bits per heavy atom. The van der Waals surface area contributed by atoms with Crippen LogP contribution in [0.5, 0.6) is 0 Å². The van der Waals surface area contributed by atoms with Crippen LogP contribution in [0, 0.1) is 5.41 Å². The maximum Gasteiger partial charge on any atom is 0.440 e. The molecule has 1 aliphatic rings. The molecule has 3 atom stereocenters. The van der Waals surface area contributed by atoms with Gasteiger partial charge in [0.2, 0.25) is 5.91 Å².